The molecule has 1 aliphatic rings. The second kappa shape index (κ2) is 15.4. The summed E-state index contributed by atoms with van der Waals surface area (Å²) in [7, 11) is 0. The first-order valence-electron chi connectivity index (χ1n) is 20.8. The standard InChI is InChI=1S/C58H46N2/c1-41-14-13-21-52(38-41)59(48-17-9-5-10-18-48)50-33-28-46(29-34-50)47-30-36-54-55-37-35-53(40-57(55)58(2,3)56(54)39-47)60(49-19-11-6-12-20-49)51-31-26-45(27-32-51)44-24-22-43(23-25-44)42-15-7-4-8-16-42/h4-40H,1-3H3. The summed E-state index contributed by atoms with van der Waals surface area (Å²) < 4.78 is 0. The zero-order valence-electron chi connectivity index (χ0n) is 34.3. The molecule has 0 saturated carbocycles. The predicted molar refractivity (Wildman–Crippen MR) is 254 cm³/mol. The average Bonchev–Trinajstić information content (AvgIpc) is 3.53. The summed E-state index contributed by atoms with van der Waals surface area (Å²) in [6, 6.07) is 81.5. The van der Waals surface area contributed by atoms with E-state index in [0.29, 0.717) is 0 Å². The maximum absolute atomic E-state index is 2.42. The number of fused-ring (bicyclic) bond motifs is 3. The van der Waals surface area contributed by atoms with E-state index < -0.39 is 0 Å². The number of para-hydroxylation sites is 2. The number of rotatable bonds is 9. The van der Waals surface area contributed by atoms with E-state index in [1.807, 2.05) is 0 Å². The summed E-state index contributed by atoms with van der Waals surface area (Å²) in [6.45, 7) is 6.90. The summed E-state index contributed by atoms with van der Waals surface area (Å²) in [5.74, 6) is 0. The quantitative estimate of drug-likeness (QED) is 0.144. The first-order valence-corrected chi connectivity index (χ1v) is 20.8. The second-order valence-corrected chi connectivity index (χ2v) is 16.3. The van der Waals surface area contributed by atoms with Crippen molar-refractivity contribution in [3.05, 3.63) is 241 Å². The maximum atomic E-state index is 2.42. The smallest absolute Gasteiger partial charge is 0.0465 e. The van der Waals surface area contributed by atoms with Gasteiger partial charge in [0.05, 0.1) is 0 Å². The lowest BCUT2D eigenvalue weighted by Gasteiger charge is -2.28. The molecule has 1 aliphatic carbocycles. The molecule has 0 saturated heterocycles. The van der Waals surface area contributed by atoms with Gasteiger partial charge < -0.3 is 9.80 Å². The third-order valence-corrected chi connectivity index (χ3v) is 12.1. The monoisotopic (exact) mass is 770 g/mol. The van der Waals surface area contributed by atoms with Crippen LogP contribution in [-0.4, -0.2) is 0 Å². The molecule has 2 heteroatoms. The Balaban J connectivity index is 0.951. The van der Waals surface area contributed by atoms with Gasteiger partial charge in [0.25, 0.3) is 0 Å². The third-order valence-electron chi connectivity index (χ3n) is 12.1. The fraction of sp³-hybridized carbons (Fsp3) is 0.0690. The van der Waals surface area contributed by atoms with Gasteiger partial charge in [-0.1, -0.05) is 159 Å². The summed E-state index contributed by atoms with van der Waals surface area (Å²) in [4.78, 5) is 4.71. The largest absolute Gasteiger partial charge is 0.310 e. The normalized spacial score (nSPS) is 12.4. The van der Waals surface area contributed by atoms with E-state index in [1.54, 1.807) is 0 Å². The van der Waals surface area contributed by atoms with E-state index in [-0.39, 0.29) is 5.41 Å². The fourth-order valence-corrected chi connectivity index (χ4v) is 8.95. The van der Waals surface area contributed by atoms with Gasteiger partial charge in [0.1, 0.15) is 0 Å². The Hall–Kier alpha value is -7.42. The van der Waals surface area contributed by atoms with Crippen molar-refractivity contribution in [2.75, 3.05) is 9.80 Å². The van der Waals surface area contributed by atoms with E-state index in [1.165, 1.54) is 61.2 Å². The highest BCUT2D eigenvalue weighted by molar-refractivity contribution is 5.88. The van der Waals surface area contributed by atoms with Crippen molar-refractivity contribution in [3.8, 4) is 44.5 Å². The van der Waals surface area contributed by atoms with Crippen LogP contribution in [0.25, 0.3) is 44.5 Å². The highest BCUT2D eigenvalue weighted by Gasteiger charge is 2.36. The van der Waals surface area contributed by atoms with Crippen molar-refractivity contribution in [1.29, 1.82) is 0 Å². The van der Waals surface area contributed by atoms with Gasteiger partial charge in [-0.15, -0.1) is 0 Å². The molecule has 0 atom stereocenters. The van der Waals surface area contributed by atoms with Crippen molar-refractivity contribution < 1.29 is 0 Å². The molecule has 0 amide bonds. The minimum Gasteiger partial charge on any atom is -0.310 e. The van der Waals surface area contributed by atoms with Crippen LogP contribution < -0.4 is 9.80 Å². The summed E-state index contributed by atoms with van der Waals surface area (Å²) in [6.07, 6.45) is 0. The predicted octanol–water partition coefficient (Wildman–Crippen LogP) is 16.2. The average molecular weight is 771 g/mol. The van der Waals surface area contributed by atoms with Crippen molar-refractivity contribution in [1.82, 2.24) is 0 Å². The van der Waals surface area contributed by atoms with Gasteiger partial charge in [-0.2, -0.15) is 0 Å². The molecular weight excluding hydrogens is 725 g/mol. The summed E-state index contributed by atoms with van der Waals surface area (Å²) in [5.41, 5.74) is 20.5. The lowest BCUT2D eigenvalue weighted by atomic mass is 9.81. The highest BCUT2D eigenvalue weighted by atomic mass is 15.1. The molecule has 0 spiro atoms. The molecule has 2 nitrogen and oxygen atoms in total. The van der Waals surface area contributed by atoms with E-state index in [4.69, 9.17) is 0 Å². The van der Waals surface area contributed by atoms with Crippen molar-refractivity contribution in [2.24, 2.45) is 0 Å². The molecule has 288 valence electrons. The van der Waals surface area contributed by atoms with Gasteiger partial charge in [0.2, 0.25) is 0 Å². The number of aryl methyl sites for hydroxylation is 1. The molecule has 9 aromatic rings. The molecule has 0 bridgehead atoms. The van der Waals surface area contributed by atoms with Gasteiger partial charge in [0, 0.05) is 39.5 Å². The number of anilines is 6. The lowest BCUT2D eigenvalue weighted by molar-refractivity contribution is 0.660. The molecule has 0 N–H and O–H groups in total. The molecule has 0 radical (unpaired) electrons. The Morgan fingerprint density at radius 1 is 0.283 bits per heavy atom. The number of hydrogen-bond acceptors (Lipinski definition) is 2. The Kier molecular flexibility index (Phi) is 9.47. The minimum absolute atomic E-state index is 0.190. The second-order valence-electron chi connectivity index (χ2n) is 16.3. The molecule has 10 rings (SSSR count). The molecule has 9 aromatic carbocycles. The van der Waals surface area contributed by atoms with E-state index in [2.05, 4.69) is 255 Å². The summed E-state index contributed by atoms with van der Waals surface area (Å²) in [5, 5.41) is 0. The molecule has 0 fully saturated rings. The number of benzene rings is 9. The van der Waals surface area contributed by atoms with Gasteiger partial charge in [-0.3, -0.25) is 0 Å². The van der Waals surface area contributed by atoms with Crippen molar-refractivity contribution >= 4 is 34.1 Å². The van der Waals surface area contributed by atoms with E-state index in [9.17, 15) is 0 Å². The SMILES string of the molecule is Cc1cccc(N(c2ccccc2)c2ccc(-c3ccc4c(c3)C(C)(C)c3cc(N(c5ccccc5)c5ccc(-c6ccc(-c7ccccc7)cc6)cc5)ccc3-4)cc2)c1. The van der Waals surface area contributed by atoms with E-state index >= 15 is 0 Å². The van der Waals surface area contributed by atoms with Crippen LogP contribution >= 0.6 is 0 Å². The van der Waals surface area contributed by atoms with Gasteiger partial charge in [-0.05, 0) is 147 Å². The topological polar surface area (TPSA) is 6.48 Å². The molecular formula is C58H46N2. The van der Waals surface area contributed by atoms with Crippen molar-refractivity contribution in [2.45, 2.75) is 26.2 Å². The summed E-state index contributed by atoms with van der Waals surface area (Å²) >= 11 is 0. The van der Waals surface area contributed by atoms with Crippen LogP contribution in [0.3, 0.4) is 0 Å². The van der Waals surface area contributed by atoms with Crippen LogP contribution in [0.15, 0.2) is 224 Å². The Morgan fingerprint density at radius 2 is 0.633 bits per heavy atom. The maximum Gasteiger partial charge on any atom is 0.0465 e. The van der Waals surface area contributed by atoms with Crippen LogP contribution in [0.2, 0.25) is 0 Å². The first kappa shape index (κ1) is 36.9. The highest BCUT2D eigenvalue weighted by Crippen LogP contribution is 2.52. The van der Waals surface area contributed by atoms with Crippen molar-refractivity contribution in [3.63, 3.8) is 0 Å². The number of nitrogens with zero attached hydrogens (tertiary/aromatic N) is 2. The number of hydrogen-bond donors (Lipinski definition) is 0. The molecule has 0 heterocycles. The fourth-order valence-electron chi connectivity index (χ4n) is 8.95. The third kappa shape index (κ3) is 6.86. The van der Waals surface area contributed by atoms with Gasteiger partial charge in [0.15, 0.2) is 0 Å². The van der Waals surface area contributed by atoms with Crippen LogP contribution in [0.4, 0.5) is 34.1 Å². The molecule has 0 unspecified atom stereocenters. The lowest BCUT2D eigenvalue weighted by Crippen LogP contribution is -2.16. The van der Waals surface area contributed by atoms with Gasteiger partial charge >= 0.3 is 0 Å². The Bertz CT molecular complexity index is 2910. The Morgan fingerprint density at radius 3 is 1.15 bits per heavy atom. The van der Waals surface area contributed by atoms with Crippen LogP contribution in [0.1, 0.15) is 30.5 Å². The molecule has 0 aromatic heterocycles. The first-order chi connectivity index (χ1) is 29.4. The minimum atomic E-state index is -0.190. The van der Waals surface area contributed by atoms with Crippen LogP contribution in [-0.2, 0) is 5.41 Å². The Labute approximate surface area is 354 Å². The van der Waals surface area contributed by atoms with E-state index in [0.717, 1.165) is 34.1 Å². The molecule has 0 aliphatic heterocycles. The molecule has 60 heavy (non-hydrogen) atoms. The van der Waals surface area contributed by atoms with Gasteiger partial charge in [-0.25, -0.2) is 0 Å². The zero-order valence-corrected chi connectivity index (χ0v) is 34.3. The zero-order chi connectivity index (χ0) is 40.6. The van der Waals surface area contributed by atoms with Crippen LogP contribution in [0.5, 0.6) is 0 Å². The van der Waals surface area contributed by atoms with Crippen LogP contribution in [0, 0.1) is 6.92 Å².